The molecular formula is C36H53F3N10S. The smallest absolute Gasteiger partial charge is 0.367 e. The molecule has 2 saturated heterocycles. The minimum atomic E-state index is -4.25. The van der Waals surface area contributed by atoms with Gasteiger partial charge in [0, 0.05) is 87.3 Å². The zero-order valence-electron chi connectivity index (χ0n) is 29.9. The van der Waals surface area contributed by atoms with Gasteiger partial charge < -0.3 is 15.2 Å². The summed E-state index contributed by atoms with van der Waals surface area (Å²) < 4.78 is 40.9. The number of nitrogens with one attached hydrogen (secondary N) is 3. The summed E-state index contributed by atoms with van der Waals surface area (Å²) in [6.45, 7) is 17.7. The number of piperidine rings is 1. The highest BCUT2D eigenvalue weighted by atomic mass is 32.1. The second kappa shape index (κ2) is 19.3. The number of unbranched alkanes of at least 4 members (excludes halogenated alkanes) is 1. The summed E-state index contributed by atoms with van der Waals surface area (Å²) in [6, 6.07) is 10.6. The van der Waals surface area contributed by atoms with E-state index in [2.05, 4.69) is 72.4 Å². The zero-order valence-corrected chi connectivity index (χ0v) is 30.7. The Balaban J connectivity index is 0.000000637. The molecule has 0 radical (unpaired) electrons. The lowest BCUT2D eigenvalue weighted by molar-refractivity contribution is -0.126. The third-order valence-electron chi connectivity index (χ3n) is 9.18. The average molecular weight is 715 g/mol. The van der Waals surface area contributed by atoms with Gasteiger partial charge in [0.05, 0.1) is 11.8 Å². The Bertz CT molecular complexity index is 1660. The van der Waals surface area contributed by atoms with Gasteiger partial charge in [0.25, 0.3) is 0 Å². The number of rotatable bonds is 11. The van der Waals surface area contributed by atoms with E-state index in [-0.39, 0.29) is 10.9 Å². The molecule has 2 aliphatic rings. The summed E-state index contributed by atoms with van der Waals surface area (Å²) in [5.41, 5.74) is 6.89. The minimum Gasteiger partial charge on any atom is -0.367 e. The van der Waals surface area contributed by atoms with Crippen molar-refractivity contribution < 1.29 is 13.2 Å². The fraction of sp³-hybridized carbons (Fsp3) is 0.583. The lowest BCUT2D eigenvalue weighted by atomic mass is 10.0. The molecule has 274 valence electrons. The Morgan fingerprint density at radius 1 is 1.04 bits per heavy atom. The summed E-state index contributed by atoms with van der Waals surface area (Å²) >= 11 is 1.07. The third kappa shape index (κ3) is 10.8. The van der Waals surface area contributed by atoms with Gasteiger partial charge in [-0.3, -0.25) is 21.1 Å². The van der Waals surface area contributed by atoms with E-state index < -0.39 is 12.6 Å². The Morgan fingerprint density at radius 3 is 2.42 bits per heavy atom. The molecule has 0 spiro atoms. The van der Waals surface area contributed by atoms with Crippen LogP contribution in [0.4, 0.5) is 19.0 Å². The van der Waals surface area contributed by atoms with E-state index in [1.165, 1.54) is 30.3 Å². The number of aromatic nitrogens is 3. The van der Waals surface area contributed by atoms with Gasteiger partial charge in [0.2, 0.25) is 0 Å². The van der Waals surface area contributed by atoms with Gasteiger partial charge in [0.1, 0.15) is 28.7 Å². The molecule has 6 rings (SSSR count). The summed E-state index contributed by atoms with van der Waals surface area (Å²) in [5.74, 6) is 5.57. The SMILES string of the molecule is CC.CCCCNN.Cc1c(CN2CCC(Nc3ncnc4sc(CC(F)(F)F)cc34)CC2)ccc2c1cc(C#N)n2CCN1CCNCC1. The maximum absolute atomic E-state index is 12.9. The van der Waals surface area contributed by atoms with E-state index in [1.807, 2.05) is 19.9 Å². The number of anilines is 1. The van der Waals surface area contributed by atoms with Gasteiger partial charge in [-0.25, -0.2) is 9.97 Å². The second-order valence-corrected chi connectivity index (χ2v) is 13.7. The van der Waals surface area contributed by atoms with Crippen LogP contribution in [-0.4, -0.2) is 88.9 Å². The van der Waals surface area contributed by atoms with E-state index in [4.69, 9.17) is 5.84 Å². The zero-order chi connectivity index (χ0) is 36.1. The molecule has 0 saturated carbocycles. The molecule has 3 aromatic heterocycles. The van der Waals surface area contributed by atoms with Crippen LogP contribution in [0.25, 0.3) is 21.1 Å². The molecular weight excluding hydrogens is 662 g/mol. The number of likely N-dealkylation sites (tertiary alicyclic amines) is 1. The summed E-state index contributed by atoms with van der Waals surface area (Å²) in [4.78, 5) is 14.3. The number of halogens is 3. The Labute approximate surface area is 298 Å². The first-order valence-corrected chi connectivity index (χ1v) is 18.7. The predicted octanol–water partition coefficient (Wildman–Crippen LogP) is 6.19. The van der Waals surface area contributed by atoms with Gasteiger partial charge in [-0.05, 0) is 55.5 Å². The first-order valence-electron chi connectivity index (χ1n) is 17.9. The Morgan fingerprint density at radius 2 is 1.78 bits per heavy atom. The molecule has 2 aliphatic heterocycles. The van der Waals surface area contributed by atoms with Crippen molar-refractivity contribution in [1.29, 1.82) is 5.26 Å². The highest BCUT2D eigenvalue weighted by Crippen LogP contribution is 2.33. The van der Waals surface area contributed by atoms with Crippen molar-refractivity contribution >= 4 is 38.3 Å². The molecule has 1 aromatic carbocycles. The van der Waals surface area contributed by atoms with Crippen LogP contribution in [0.1, 0.15) is 68.2 Å². The maximum Gasteiger partial charge on any atom is 0.393 e. The van der Waals surface area contributed by atoms with Crippen molar-refractivity contribution in [3.05, 3.63) is 52.3 Å². The van der Waals surface area contributed by atoms with Crippen molar-refractivity contribution in [2.24, 2.45) is 5.84 Å². The van der Waals surface area contributed by atoms with Crippen molar-refractivity contribution in [3.8, 4) is 6.07 Å². The quantitative estimate of drug-likeness (QED) is 0.0819. The fourth-order valence-electron chi connectivity index (χ4n) is 6.46. The van der Waals surface area contributed by atoms with E-state index in [1.54, 1.807) is 6.07 Å². The first-order chi connectivity index (χ1) is 24.2. The van der Waals surface area contributed by atoms with E-state index in [0.29, 0.717) is 21.7 Å². The standard InChI is InChI=1S/C30H35F3N8S.C4H12N2.C2H6/c1-20-21(2-3-27-25(20)14-23(17-34)41(27)13-12-39-10-6-35-7-11-39)18-40-8-4-22(5-9-40)38-28-26-15-24(16-30(31,32)33)42-29(26)37-19-36-28;1-2-3-4-6-5;1-2/h2-3,14-15,19,22,35H,4-13,16,18H2,1H3,(H,36,37,38);6H,2-5H2,1H3;1-2H3. The molecule has 2 fully saturated rings. The number of aryl methyl sites for hydroxylation is 1. The van der Waals surface area contributed by atoms with Crippen LogP contribution >= 0.6 is 11.3 Å². The monoisotopic (exact) mass is 714 g/mol. The van der Waals surface area contributed by atoms with Crippen LogP contribution in [0.15, 0.2) is 30.6 Å². The third-order valence-corrected chi connectivity index (χ3v) is 10.2. The van der Waals surface area contributed by atoms with Crippen molar-refractivity contribution in [2.75, 3.05) is 57.7 Å². The van der Waals surface area contributed by atoms with E-state index >= 15 is 0 Å². The molecule has 0 amide bonds. The number of hydrogen-bond donors (Lipinski definition) is 4. The predicted molar refractivity (Wildman–Crippen MR) is 198 cm³/mol. The molecule has 5 heterocycles. The molecule has 10 nitrogen and oxygen atoms in total. The second-order valence-electron chi connectivity index (χ2n) is 12.6. The molecule has 0 unspecified atom stereocenters. The Hall–Kier alpha value is -3.32. The number of hydrazine groups is 1. The number of fused-ring (bicyclic) bond motifs is 2. The van der Waals surface area contributed by atoms with Crippen molar-refractivity contribution in [1.82, 2.24) is 35.1 Å². The molecule has 0 aliphatic carbocycles. The van der Waals surface area contributed by atoms with Crippen LogP contribution in [-0.2, 0) is 19.5 Å². The number of nitrogens with zero attached hydrogens (tertiary/aromatic N) is 6. The summed E-state index contributed by atoms with van der Waals surface area (Å²) in [5, 5.41) is 18.5. The number of thiophene rings is 1. The number of nitriles is 1. The normalized spacial score (nSPS) is 16.1. The van der Waals surface area contributed by atoms with Gasteiger partial charge in [-0.15, -0.1) is 11.3 Å². The minimum absolute atomic E-state index is 0.191. The number of benzene rings is 1. The Kier molecular flexibility index (Phi) is 15.3. The van der Waals surface area contributed by atoms with E-state index in [9.17, 15) is 18.4 Å². The van der Waals surface area contributed by atoms with E-state index in [0.717, 1.165) is 101 Å². The topological polar surface area (TPSA) is 123 Å². The summed E-state index contributed by atoms with van der Waals surface area (Å²) in [7, 11) is 0. The number of piperazine rings is 1. The average Bonchev–Trinajstić information content (AvgIpc) is 3.70. The van der Waals surface area contributed by atoms with Crippen LogP contribution in [0.3, 0.4) is 0 Å². The molecule has 4 aromatic rings. The van der Waals surface area contributed by atoms with Crippen molar-refractivity contribution in [3.63, 3.8) is 0 Å². The maximum atomic E-state index is 12.9. The molecule has 0 bridgehead atoms. The molecule has 0 atom stereocenters. The fourth-order valence-corrected chi connectivity index (χ4v) is 7.48. The van der Waals surface area contributed by atoms with Crippen LogP contribution in [0.2, 0.25) is 0 Å². The largest absolute Gasteiger partial charge is 0.393 e. The van der Waals surface area contributed by atoms with Crippen LogP contribution in [0, 0.1) is 18.3 Å². The van der Waals surface area contributed by atoms with Gasteiger partial charge in [0.15, 0.2) is 0 Å². The number of hydrogen-bond acceptors (Lipinski definition) is 10. The number of nitrogens with two attached hydrogens (primary N) is 1. The summed E-state index contributed by atoms with van der Waals surface area (Å²) in [6.07, 6.45) is 0.435. The van der Waals surface area contributed by atoms with Gasteiger partial charge >= 0.3 is 6.18 Å². The van der Waals surface area contributed by atoms with Crippen LogP contribution in [0.5, 0.6) is 0 Å². The van der Waals surface area contributed by atoms with Crippen LogP contribution < -0.4 is 21.9 Å². The highest BCUT2D eigenvalue weighted by molar-refractivity contribution is 7.18. The van der Waals surface area contributed by atoms with Gasteiger partial charge in [-0.1, -0.05) is 33.3 Å². The lowest BCUT2D eigenvalue weighted by Crippen LogP contribution is -2.44. The number of alkyl halides is 3. The molecule has 14 heteroatoms. The first kappa shape index (κ1) is 39.5. The van der Waals surface area contributed by atoms with Crippen molar-refractivity contribution in [2.45, 2.75) is 85.1 Å². The van der Waals surface area contributed by atoms with Gasteiger partial charge in [-0.2, -0.15) is 18.4 Å². The molecule has 50 heavy (non-hydrogen) atoms. The highest BCUT2D eigenvalue weighted by Gasteiger charge is 2.29. The lowest BCUT2D eigenvalue weighted by Gasteiger charge is -2.33. The molecule has 5 N–H and O–H groups in total.